The molecule has 1 saturated carbocycles. The zero-order chi connectivity index (χ0) is 17.9. The van der Waals surface area contributed by atoms with Crippen molar-refractivity contribution in [1.29, 1.82) is 0 Å². The molecule has 0 unspecified atom stereocenters. The number of halogens is 1. The zero-order valence-corrected chi connectivity index (χ0v) is 15.9. The summed E-state index contributed by atoms with van der Waals surface area (Å²) in [5, 5.41) is 2.82. The lowest BCUT2D eigenvalue weighted by atomic mass is 10.2. The molecule has 1 aromatic heterocycles. The molecule has 9 heteroatoms. The number of carbonyl (C=O) groups excluding carboxylic acids is 1. The molecule has 0 bridgehead atoms. The van der Waals surface area contributed by atoms with E-state index in [0.717, 1.165) is 25.8 Å². The van der Waals surface area contributed by atoms with Crippen molar-refractivity contribution >= 4 is 31.9 Å². The van der Waals surface area contributed by atoms with Gasteiger partial charge in [-0.2, -0.15) is 0 Å². The molecule has 2 N–H and O–H groups in total. The molecule has 0 spiro atoms. The Morgan fingerprint density at radius 2 is 2.16 bits per heavy atom. The summed E-state index contributed by atoms with van der Waals surface area (Å²) in [5.41, 5.74) is 0.307. The zero-order valence-electron chi connectivity index (χ0n) is 13.5. The van der Waals surface area contributed by atoms with Gasteiger partial charge in [0.25, 0.3) is 5.91 Å². The van der Waals surface area contributed by atoms with Gasteiger partial charge in [-0.3, -0.25) is 4.79 Å². The van der Waals surface area contributed by atoms with Crippen LogP contribution < -0.4 is 10.0 Å². The summed E-state index contributed by atoms with van der Waals surface area (Å²) >= 11 is 3.31. The van der Waals surface area contributed by atoms with Crippen LogP contribution in [0.4, 0.5) is 0 Å². The Hall–Kier alpha value is -1.71. The van der Waals surface area contributed by atoms with Crippen LogP contribution in [0.2, 0.25) is 0 Å². The van der Waals surface area contributed by atoms with Crippen molar-refractivity contribution in [1.82, 2.24) is 19.6 Å². The molecule has 1 fully saturated rings. The van der Waals surface area contributed by atoms with E-state index >= 15 is 0 Å². The fourth-order valence-electron chi connectivity index (χ4n) is 2.31. The van der Waals surface area contributed by atoms with Gasteiger partial charge in [0.15, 0.2) is 0 Å². The van der Waals surface area contributed by atoms with Crippen LogP contribution in [0.3, 0.4) is 0 Å². The normalized spacial score (nSPS) is 14.4. The van der Waals surface area contributed by atoms with Crippen LogP contribution in [-0.2, 0) is 16.6 Å². The SMILES string of the molecule is O=C(NCCCn1ccnc1)c1cc(S(=O)(=O)NC2CC2)ccc1Br. The van der Waals surface area contributed by atoms with Gasteiger partial charge in [-0.15, -0.1) is 0 Å². The molecule has 7 nitrogen and oxygen atoms in total. The van der Waals surface area contributed by atoms with Crippen LogP contribution in [0, 0.1) is 0 Å². The third-order valence-electron chi connectivity index (χ3n) is 3.83. The molecule has 2 aromatic rings. The summed E-state index contributed by atoms with van der Waals surface area (Å²) < 4.78 is 29.7. The maximum absolute atomic E-state index is 12.4. The Balaban J connectivity index is 1.62. The molecular weight excluding hydrogens is 408 g/mol. The average Bonchev–Trinajstić information content (AvgIpc) is 3.22. The molecule has 25 heavy (non-hydrogen) atoms. The first-order valence-corrected chi connectivity index (χ1v) is 10.3. The van der Waals surface area contributed by atoms with Crippen molar-refractivity contribution in [3.05, 3.63) is 47.0 Å². The van der Waals surface area contributed by atoms with E-state index in [9.17, 15) is 13.2 Å². The second-order valence-corrected chi connectivity index (χ2v) is 8.52. The second-order valence-electron chi connectivity index (χ2n) is 5.95. The van der Waals surface area contributed by atoms with Crippen molar-refractivity contribution in [2.24, 2.45) is 0 Å². The number of benzene rings is 1. The lowest BCUT2D eigenvalue weighted by molar-refractivity contribution is 0.0951. The first kappa shape index (κ1) is 18.1. The number of sulfonamides is 1. The van der Waals surface area contributed by atoms with Crippen LogP contribution >= 0.6 is 15.9 Å². The smallest absolute Gasteiger partial charge is 0.252 e. The van der Waals surface area contributed by atoms with Crippen molar-refractivity contribution in [3.8, 4) is 0 Å². The van der Waals surface area contributed by atoms with Gasteiger partial charge < -0.3 is 9.88 Å². The topological polar surface area (TPSA) is 93.1 Å². The van der Waals surface area contributed by atoms with Gasteiger partial charge in [-0.25, -0.2) is 18.1 Å². The van der Waals surface area contributed by atoms with Gasteiger partial charge in [-0.1, -0.05) is 0 Å². The monoisotopic (exact) mass is 426 g/mol. The number of rotatable bonds is 8. The summed E-state index contributed by atoms with van der Waals surface area (Å²) in [6.45, 7) is 1.24. The molecule has 0 aliphatic heterocycles. The molecule has 1 amide bonds. The van der Waals surface area contributed by atoms with Gasteiger partial charge >= 0.3 is 0 Å². The summed E-state index contributed by atoms with van der Waals surface area (Å²) in [6.07, 6.45) is 7.76. The highest BCUT2D eigenvalue weighted by Gasteiger charge is 2.28. The van der Waals surface area contributed by atoms with E-state index in [1.165, 1.54) is 12.1 Å². The Bertz CT molecular complexity index is 848. The number of hydrogen-bond acceptors (Lipinski definition) is 4. The molecule has 1 aromatic carbocycles. The molecular formula is C16H19BrN4O3S. The van der Waals surface area contributed by atoms with E-state index in [4.69, 9.17) is 0 Å². The quantitative estimate of drug-likeness (QED) is 0.630. The van der Waals surface area contributed by atoms with Gasteiger partial charge in [0.1, 0.15) is 0 Å². The standard InChI is InChI=1S/C16H19BrN4O3S/c17-15-5-4-13(25(23,24)20-12-2-3-12)10-14(15)16(22)19-6-1-8-21-9-7-18-11-21/h4-5,7,9-12,20H,1-3,6,8H2,(H,19,22). The molecule has 1 aliphatic carbocycles. The third kappa shape index (κ3) is 4.90. The van der Waals surface area contributed by atoms with Crippen LogP contribution in [-0.4, -0.2) is 36.5 Å². The predicted octanol–water partition coefficient (Wildman–Crippen LogP) is 1.91. The Kier molecular flexibility index (Phi) is 5.55. The number of hydrogen-bond donors (Lipinski definition) is 2. The summed E-state index contributed by atoms with van der Waals surface area (Å²) in [4.78, 5) is 16.4. The number of aryl methyl sites for hydroxylation is 1. The van der Waals surface area contributed by atoms with Gasteiger partial charge in [0.2, 0.25) is 10.0 Å². The Morgan fingerprint density at radius 3 is 2.84 bits per heavy atom. The summed E-state index contributed by atoms with van der Waals surface area (Å²) in [6, 6.07) is 4.50. The predicted molar refractivity (Wildman–Crippen MR) is 96.7 cm³/mol. The minimum Gasteiger partial charge on any atom is -0.352 e. The lowest BCUT2D eigenvalue weighted by Crippen LogP contribution is -2.28. The van der Waals surface area contributed by atoms with Gasteiger partial charge in [0, 0.05) is 36.0 Å². The van der Waals surface area contributed by atoms with Crippen LogP contribution in [0.1, 0.15) is 29.6 Å². The fraction of sp³-hybridized carbons (Fsp3) is 0.375. The molecule has 1 aliphatic rings. The van der Waals surface area contributed by atoms with Gasteiger partial charge in [-0.05, 0) is 53.4 Å². The molecule has 0 radical (unpaired) electrons. The number of aromatic nitrogens is 2. The van der Waals surface area contributed by atoms with Crippen molar-refractivity contribution in [2.45, 2.75) is 36.7 Å². The molecule has 1 heterocycles. The highest BCUT2D eigenvalue weighted by molar-refractivity contribution is 9.10. The van der Waals surface area contributed by atoms with Crippen LogP contribution in [0.5, 0.6) is 0 Å². The Labute approximate surface area is 155 Å². The minimum absolute atomic E-state index is 0.0223. The molecule has 134 valence electrons. The lowest BCUT2D eigenvalue weighted by Gasteiger charge is -2.10. The van der Waals surface area contributed by atoms with Crippen LogP contribution in [0.25, 0.3) is 0 Å². The highest BCUT2D eigenvalue weighted by Crippen LogP contribution is 2.25. The van der Waals surface area contributed by atoms with Crippen molar-refractivity contribution < 1.29 is 13.2 Å². The first-order valence-electron chi connectivity index (χ1n) is 8.01. The van der Waals surface area contributed by atoms with E-state index in [1.807, 2.05) is 10.8 Å². The maximum atomic E-state index is 12.4. The maximum Gasteiger partial charge on any atom is 0.252 e. The number of imidazole rings is 1. The van der Waals surface area contributed by atoms with E-state index in [2.05, 4.69) is 31.0 Å². The summed E-state index contributed by atoms with van der Waals surface area (Å²) in [5.74, 6) is -0.305. The third-order valence-corrected chi connectivity index (χ3v) is 6.04. The number of nitrogens with one attached hydrogen (secondary N) is 2. The molecule has 0 saturated heterocycles. The van der Waals surface area contributed by atoms with Crippen molar-refractivity contribution in [2.75, 3.05) is 6.54 Å². The Morgan fingerprint density at radius 1 is 1.36 bits per heavy atom. The van der Waals surface area contributed by atoms with Gasteiger partial charge in [0.05, 0.1) is 16.8 Å². The minimum atomic E-state index is -3.59. The number of carbonyl (C=O) groups is 1. The summed E-state index contributed by atoms with van der Waals surface area (Å²) in [7, 11) is -3.59. The molecule has 0 atom stereocenters. The largest absolute Gasteiger partial charge is 0.352 e. The molecule has 3 rings (SSSR count). The highest BCUT2D eigenvalue weighted by atomic mass is 79.9. The van der Waals surface area contributed by atoms with E-state index in [-0.39, 0.29) is 16.8 Å². The van der Waals surface area contributed by atoms with E-state index < -0.39 is 10.0 Å². The average molecular weight is 427 g/mol. The van der Waals surface area contributed by atoms with E-state index in [0.29, 0.717) is 16.6 Å². The van der Waals surface area contributed by atoms with E-state index in [1.54, 1.807) is 18.6 Å². The fourth-order valence-corrected chi connectivity index (χ4v) is 4.07. The number of amides is 1. The number of nitrogens with zero attached hydrogens (tertiary/aromatic N) is 2. The second kappa shape index (κ2) is 7.67. The first-order chi connectivity index (χ1) is 12.0. The van der Waals surface area contributed by atoms with Crippen LogP contribution in [0.15, 0.2) is 46.3 Å². The van der Waals surface area contributed by atoms with Crippen molar-refractivity contribution in [3.63, 3.8) is 0 Å².